The van der Waals surface area contributed by atoms with Crippen LogP contribution in [0.15, 0.2) is 18.2 Å². The largest absolute Gasteiger partial charge is 0.319 e. The standard InChI is InChI=1S/C17H21N5OS/c1-9(2)12-7-6-8-13(10(3)4)14(12)18-15(23)16-21-22-11(5)19-20-17(22)24-16/h6-10H,1-5H3,(H,18,23). The first kappa shape index (κ1) is 16.6. The van der Waals surface area contributed by atoms with Gasteiger partial charge in [-0.2, -0.15) is 4.52 Å². The number of carbonyl (C=O) groups excluding carboxylic acids is 1. The molecule has 2 heterocycles. The van der Waals surface area contributed by atoms with Gasteiger partial charge in [0.25, 0.3) is 5.91 Å². The number of aromatic nitrogens is 4. The van der Waals surface area contributed by atoms with Crippen LogP contribution in [-0.2, 0) is 0 Å². The lowest BCUT2D eigenvalue weighted by Crippen LogP contribution is -2.16. The van der Waals surface area contributed by atoms with Crippen LogP contribution in [0.2, 0.25) is 0 Å². The molecule has 0 fully saturated rings. The van der Waals surface area contributed by atoms with Crippen LogP contribution in [-0.4, -0.2) is 25.7 Å². The lowest BCUT2D eigenvalue weighted by molar-refractivity contribution is 0.102. The Morgan fingerprint density at radius 3 is 2.29 bits per heavy atom. The molecule has 0 spiro atoms. The molecule has 3 rings (SSSR count). The van der Waals surface area contributed by atoms with Gasteiger partial charge in [-0.1, -0.05) is 57.2 Å². The molecule has 0 unspecified atom stereocenters. The second-order valence-electron chi connectivity index (χ2n) is 6.42. The molecule has 2 aromatic heterocycles. The van der Waals surface area contributed by atoms with Crippen LogP contribution in [0.4, 0.5) is 5.69 Å². The van der Waals surface area contributed by atoms with Crippen molar-refractivity contribution in [2.24, 2.45) is 0 Å². The quantitative estimate of drug-likeness (QED) is 0.777. The van der Waals surface area contributed by atoms with Crippen molar-refractivity contribution in [2.75, 3.05) is 5.32 Å². The Kier molecular flexibility index (Phi) is 4.36. The minimum Gasteiger partial charge on any atom is -0.319 e. The minimum absolute atomic E-state index is 0.208. The number of aryl methyl sites for hydroxylation is 1. The van der Waals surface area contributed by atoms with Gasteiger partial charge in [0.05, 0.1) is 0 Å². The smallest absolute Gasteiger partial charge is 0.286 e. The monoisotopic (exact) mass is 343 g/mol. The molecule has 0 aliphatic heterocycles. The predicted molar refractivity (Wildman–Crippen MR) is 96.0 cm³/mol. The number of carbonyl (C=O) groups is 1. The first-order valence-corrected chi connectivity index (χ1v) is 8.83. The van der Waals surface area contributed by atoms with Crippen LogP contribution < -0.4 is 5.32 Å². The zero-order valence-corrected chi connectivity index (χ0v) is 15.3. The van der Waals surface area contributed by atoms with Gasteiger partial charge >= 0.3 is 0 Å². The zero-order valence-electron chi connectivity index (χ0n) is 14.5. The third-order valence-corrected chi connectivity index (χ3v) is 4.85. The number of para-hydroxylation sites is 1. The summed E-state index contributed by atoms with van der Waals surface area (Å²) in [5, 5.41) is 15.7. The number of benzene rings is 1. The Morgan fingerprint density at radius 1 is 1.12 bits per heavy atom. The number of nitrogens with zero attached hydrogens (tertiary/aromatic N) is 4. The Labute approximate surface area is 144 Å². The van der Waals surface area contributed by atoms with Crippen LogP contribution in [0.1, 0.15) is 66.3 Å². The maximum absolute atomic E-state index is 12.7. The van der Waals surface area contributed by atoms with E-state index < -0.39 is 0 Å². The highest BCUT2D eigenvalue weighted by atomic mass is 32.1. The summed E-state index contributed by atoms with van der Waals surface area (Å²) in [6.07, 6.45) is 0. The highest BCUT2D eigenvalue weighted by Gasteiger charge is 2.20. The summed E-state index contributed by atoms with van der Waals surface area (Å²) < 4.78 is 1.59. The van der Waals surface area contributed by atoms with Gasteiger partial charge in [-0.25, -0.2) is 0 Å². The van der Waals surface area contributed by atoms with Gasteiger partial charge in [0.1, 0.15) is 0 Å². The fourth-order valence-electron chi connectivity index (χ4n) is 2.67. The fraction of sp³-hybridized carbons (Fsp3) is 0.412. The molecule has 7 heteroatoms. The molecule has 6 nitrogen and oxygen atoms in total. The van der Waals surface area contributed by atoms with Crippen molar-refractivity contribution in [3.05, 3.63) is 40.2 Å². The maximum Gasteiger partial charge on any atom is 0.286 e. The van der Waals surface area contributed by atoms with E-state index in [-0.39, 0.29) is 5.91 Å². The van der Waals surface area contributed by atoms with Crippen molar-refractivity contribution < 1.29 is 4.79 Å². The molecule has 0 bridgehead atoms. The SMILES string of the molecule is Cc1nnc2sc(C(=O)Nc3c(C(C)C)cccc3C(C)C)nn12. The number of nitrogens with one attached hydrogen (secondary N) is 1. The van der Waals surface area contributed by atoms with Gasteiger partial charge in [0.15, 0.2) is 5.82 Å². The van der Waals surface area contributed by atoms with E-state index >= 15 is 0 Å². The second-order valence-corrected chi connectivity index (χ2v) is 7.38. The van der Waals surface area contributed by atoms with Crippen LogP contribution in [0.25, 0.3) is 4.96 Å². The molecule has 0 aliphatic rings. The molecule has 0 radical (unpaired) electrons. The second kappa shape index (κ2) is 6.32. The molecule has 126 valence electrons. The zero-order chi connectivity index (χ0) is 17.4. The molecule has 24 heavy (non-hydrogen) atoms. The average molecular weight is 343 g/mol. The fourth-order valence-corrected chi connectivity index (χ4v) is 3.45. The van der Waals surface area contributed by atoms with E-state index in [2.05, 4.69) is 60.4 Å². The average Bonchev–Trinajstić information content (AvgIpc) is 3.09. The summed E-state index contributed by atoms with van der Waals surface area (Å²) in [6.45, 7) is 10.3. The molecule has 1 aromatic carbocycles. The van der Waals surface area contributed by atoms with Crippen molar-refractivity contribution in [3.63, 3.8) is 0 Å². The molecule has 1 N–H and O–H groups in total. The summed E-state index contributed by atoms with van der Waals surface area (Å²) in [7, 11) is 0. The van der Waals surface area contributed by atoms with Crippen LogP contribution in [0.5, 0.6) is 0 Å². The topological polar surface area (TPSA) is 72.2 Å². The minimum atomic E-state index is -0.208. The molecule has 3 aromatic rings. The third-order valence-electron chi connectivity index (χ3n) is 3.95. The number of amides is 1. The number of anilines is 1. The van der Waals surface area contributed by atoms with Crippen LogP contribution in [0.3, 0.4) is 0 Å². The van der Waals surface area contributed by atoms with Gasteiger partial charge in [0.2, 0.25) is 9.97 Å². The van der Waals surface area contributed by atoms with Crippen molar-refractivity contribution in [1.82, 2.24) is 19.8 Å². The van der Waals surface area contributed by atoms with Crippen molar-refractivity contribution in [2.45, 2.75) is 46.5 Å². The summed E-state index contributed by atoms with van der Waals surface area (Å²) in [4.78, 5) is 13.3. The van der Waals surface area contributed by atoms with Crippen molar-refractivity contribution in [3.8, 4) is 0 Å². The number of fused-ring (bicyclic) bond motifs is 1. The first-order valence-electron chi connectivity index (χ1n) is 8.01. The predicted octanol–water partition coefficient (Wildman–Crippen LogP) is 3.99. The van der Waals surface area contributed by atoms with E-state index in [4.69, 9.17) is 0 Å². The number of rotatable bonds is 4. The highest BCUT2D eigenvalue weighted by molar-refractivity contribution is 7.18. The van der Waals surface area contributed by atoms with Gasteiger partial charge in [-0.3, -0.25) is 4.79 Å². The Balaban J connectivity index is 1.98. The third kappa shape index (κ3) is 2.91. The van der Waals surface area contributed by atoms with E-state index in [9.17, 15) is 4.79 Å². The number of hydrogen-bond acceptors (Lipinski definition) is 5. The van der Waals surface area contributed by atoms with Gasteiger partial charge in [-0.05, 0) is 29.9 Å². The molecule has 0 aliphatic carbocycles. The molecule has 0 saturated heterocycles. The molecular formula is C17H21N5OS. The first-order chi connectivity index (χ1) is 11.4. The summed E-state index contributed by atoms with van der Waals surface area (Å²) in [5.41, 5.74) is 3.16. The van der Waals surface area contributed by atoms with E-state index in [1.807, 2.05) is 13.0 Å². The van der Waals surface area contributed by atoms with Gasteiger partial charge < -0.3 is 5.32 Å². The number of hydrogen-bond donors (Lipinski definition) is 1. The maximum atomic E-state index is 12.7. The lowest BCUT2D eigenvalue weighted by atomic mass is 9.92. The van der Waals surface area contributed by atoms with E-state index in [1.165, 1.54) is 11.3 Å². The van der Waals surface area contributed by atoms with E-state index in [1.54, 1.807) is 4.52 Å². The van der Waals surface area contributed by atoms with E-state index in [0.717, 1.165) is 16.8 Å². The normalized spacial score (nSPS) is 11.6. The Bertz CT molecular complexity index is 867. The molecule has 1 amide bonds. The van der Waals surface area contributed by atoms with Crippen molar-refractivity contribution >= 4 is 27.9 Å². The molecule has 0 atom stereocenters. The van der Waals surface area contributed by atoms with Crippen molar-refractivity contribution in [1.29, 1.82) is 0 Å². The van der Waals surface area contributed by atoms with E-state index in [0.29, 0.717) is 27.6 Å². The molecule has 0 saturated carbocycles. The molecular weight excluding hydrogens is 322 g/mol. The Hall–Kier alpha value is -2.28. The summed E-state index contributed by atoms with van der Waals surface area (Å²) >= 11 is 1.24. The summed E-state index contributed by atoms with van der Waals surface area (Å²) in [5.74, 6) is 1.10. The van der Waals surface area contributed by atoms with Crippen LogP contribution >= 0.6 is 11.3 Å². The Morgan fingerprint density at radius 2 is 1.75 bits per heavy atom. The van der Waals surface area contributed by atoms with Gasteiger partial charge in [-0.15, -0.1) is 15.3 Å². The van der Waals surface area contributed by atoms with Gasteiger partial charge in [0, 0.05) is 5.69 Å². The lowest BCUT2D eigenvalue weighted by Gasteiger charge is -2.19. The summed E-state index contributed by atoms with van der Waals surface area (Å²) in [6, 6.07) is 6.18. The van der Waals surface area contributed by atoms with Crippen LogP contribution in [0, 0.1) is 6.92 Å². The highest BCUT2D eigenvalue weighted by Crippen LogP contribution is 2.32.